The van der Waals surface area contributed by atoms with E-state index in [4.69, 9.17) is 0 Å². The van der Waals surface area contributed by atoms with Crippen molar-refractivity contribution in [1.29, 1.82) is 0 Å². The van der Waals surface area contributed by atoms with E-state index in [-0.39, 0.29) is 12.0 Å². The van der Waals surface area contributed by atoms with Gasteiger partial charge in [0.2, 0.25) is 0 Å². The van der Waals surface area contributed by atoms with Crippen molar-refractivity contribution in [3.8, 4) is 0 Å². The van der Waals surface area contributed by atoms with Gasteiger partial charge in [-0.15, -0.1) is 0 Å². The molecule has 0 aromatic rings. The minimum atomic E-state index is -1.17. The molecular formula is C34H59N3O5. The highest BCUT2D eigenvalue weighted by molar-refractivity contribution is 5.73. The number of hydrogen-bond donors (Lipinski definition) is 5. The maximum absolute atomic E-state index is 11.8. The number of quaternary nitrogens is 1. The van der Waals surface area contributed by atoms with E-state index in [1.165, 1.54) is 0 Å². The maximum atomic E-state index is 11.8. The van der Waals surface area contributed by atoms with Crippen LogP contribution < -0.4 is 21.5 Å². The Morgan fingerprint density at radius 1 is 0.786 bits per heavy atom. The first-order chi connectivity index (χ1) is 20.2. The zero-order valence-electron chi connectivity index (χ0n) is 26.4. The van der Waals surface area contributed by atoms with Gasteiger partial charge in [0.1, 0.15) is 12.3 Å². The smallest absolute Gasteiger partial charge is 0.320 e. The average molecular weight is 590 g/mol. The third-order valence-electron chi connectivity index (χ3n) is 6.66. The zero-order valence-corrected chi connectivity index (χ0v) is 26.4. The summed E-state index contributed by atoms with van der Waals surface area (Å²) in [5.41, 5.74) is 3.84. The lowest BCUT2D eigenvalue weighted by Crippen LogP contribution is -2.50. The number of carbonyl (C=O) groups is 2. The van der Waals surface area contributed by atoms with Gasteiger partial charge < -0.3 is 25.8 Å². The van der Waals surface area contributed by atoms with Gasteiger partial charge in [0.25, 0.3) is 0 Å². The van der Waals surface area contributed by atoms with Crippen LogP contribution in [0.25, 0.3) is 0 Å². The van der Waals surface area contributed by atoms with Crippen LogP contribution in [0.1, 0.15) is 104 Å². The molecule has 0 aromatic carbocycles. The molecule has 8 heteroatoms. The van der Waals surface area contributed by atoms with Crippen molar-refractivity contribution in [3.05, 3.63) is 60.8 Å². The van der Waals surface area contributed by atoms with E-state index in [9.17, 15) is 24.9 Å². The highest BCUT2D eigenvalue weighted by Gasteiger charge is 2.19. The number of carboxylic acids is 2. The van der Waals surface area contributed by atoms with Crippen molar-refractivity contribution in [2.75, 3.05) is 6.54 Å². The zero-order chi connectivity index (χ0) is 31.4. The van der Waals surface area contributed by atoms with Crippen molar-refractivity contribution in [1.82, 2.24) is 10.6 Å². The molecule has 0 amide bonds. The summed E-state index contributed by atoms with van der Waals surface area (Å²) < 4.78 is 0. The predicted molar refractivity (Wildman–Crippen MR) is 170 cm³/mol. The van der Waals surface area contributed by atoms with Crippen LogP contribution in [0.4, 0.5) is 0 Å². The number of aliphatic hydroxyl groups excluding tert-OH is 1. The lowest BCUT2D eigenvalue weighted by molar-refractivity contribution is -0.368. The molecule has 0 rings (SSSR count). The fourth-order valence-electron chi connectivity index (χ4n) is 4.36. The summed E-state index contributed by atoms with van der Waals surface area (Å²) in [7, 11) is 0. The van der Waals surface area contributed by atoms with E-state index >= 15 is 0 Å². The van der Waals surface area contributed by atoms with Crippen LogP contribution in [0, 0.1) is 5.92 Å². The second-order valence-corrected chi connectivity index (χ2v) is 11.1. The Morgan fingerprint density at radius 2 is 1.38 bits per heavy atom. The van der Waals surface area contributed by atoms with Gasteiger partial charge in [-0.2, -0.15) is 0 Å². The van der Waals surface area contributed by atoms with Gasteiger partial charge in [-0.05, 0) is 83.0 Å². The van der Waals surface area contributed by atoms with E-state index in [2.05, 4.69) is 71.9 Å². The van der Waals surface area contributed by atoms with Crippen LogP contribution in [0.2, 0.25) is 0 Å². The van der Waals surface area contributed by atoms with E-state index in [1.807, 2.05) is 26.0 Å². The molecule has 240 valence electrons. The number of aliphatic carboxylic acids is 2. The standard InChI is InChI=1S/C34H59N3O5/c1-4-5-6-7-8-11-14-17-22-29(36-30(33(39)40)24-20-21-26-35)23-18-15-12-9-10-13-16-19-25-32(38)37-31(34(41)42)27-28(2)3/h5-6,8-9,11-12,17-18,22-23,28-32,36-38H,4,7,10,13-16,19-21,24-27,35H2,1-3H3,(H,39,40)(H,41,42)/b6-5-,11-8-,12-9-,22-17-,23-18-. The fraction of sp³-hybridized carbons (Fsp3) is 0.647. The molecule has 42 heavy (non-hydrogen) atoms. The van der Waals surface area contributed by atoms with Crippen molar-refractivity contribution in [2.24, 2.45) is 5.92 Å². The quantitative estimate of drug-likeness (QED) is 0.0548. The molecule has 0 fully saturated rings. The van der Waals surface area contributed by atoms with Gasteiger partial charge in [0.05, 0.1) is 12.5 Å². The minimum Gasteiger partial charge on any atom is -0.548 e. The molecule has 0 saturated heterocycles. The molecule has 0 heterocycles. The predicted octanol–water partition coefficient (Wildman–Crippen LogP) is 4.19. The van der Waals surface area contributed by atoms with Gasteiger partial charge in [0, 0.05) is 12.1 Å². The Kier molecular flexibility index (Phi) is 25.7. The Morgan fingerprint density at radius 3 is 1.95 bits per heavy atom. The summed E-state index contributed by atoms with van der Waals surface area (Å²) in [5, 5.41) is 37.1. The Labute approximate surface area is 254 Å². The van der Waals surface area contributed by atoms with Crippen LogP contribution in [-0.2, 0) is 9.59 Å². The first-order valence-corrected chi connectivity index (χ1v) is 15.9. The molecule has 0 aliphatic rings. The summed E-state index contributed by atoms with van der Waals surface area (Å²) in [4.78, 5) is 23.0. The number of allylic oxidation sites excluding steroid dienone is 8. The summed E-state index contributed by atoms with van der Waals surface area (Å²) in [6.45, 7) is 6.81. The molecular weight excluding hydrogens is 530 g/mol. The number of aliphatic hydroxyl groups is 1. The molecule has 0 saturated carbocycles. The number of carboxylic acid groups (broad SMARTS) is 2. The summed E-state index contributed by atoms with van der Waals surface area (Å²) in [6, 6.07) is -1.59. The molecule has 0 aromatic heterocycles. The summed E-state index contributed by atoms with van der Waals surface area (Å²) in [6.07, 6.45) is 30.6. The summed E-state index contributed by atoms with van der Waals surface area (Å²) in [5.74, 6) is -1.80. The normalized spacial score (nSPS) is 15.6. The van der Waals surface area contributed by atoms with Crippen LogP contribution >= 0.6 is 0 Å². The minimum absolute atomic E-state index is 0.162. The van der Waals surface area contributed by atoms with Crippen molar-refractivity contribution < 1.29 is 30.6 Å². The molecule has 0 bridgehead atoms. The Bertz CT molecular complexity index is 835. The SMILES string of the molecule is CC/C=C\C/C=C\C/C=C\C(/C=C\C/C=C\CCCCCC(O)NC(CC(C)C)C(=O)[O-])NC(CCCC[NH3+])C(=O)O. The third-order valence-corrected chi connectivity index (χ3v) is 6.66. The number of nitrogens with one attached hydrogen (secondary N) is 2. The van der Waals surface area contributed by atoms with Crippen molar-refractivity contribution >= 4 is 11.9 Å². The monoisotopic (exact) mass is 589 g/mol. The van der Waals surface area contributed by atoms with Crippen LogP contribution in [0.3, 0.4) is 0 Å². The Hall–Kier alpha value is -2.52. The van der Waals surface area contributed by atoms with E-state index < -0.39 is 30.3 Å². The first kappa shape index (κ1) is 39.5. The first-order valence-electron chi connectivity index (χ1n) is 15.9. The lowest BCUT2D eigenvalue weighted by Gasteiger charge is -2.24. The van der Waals surface area contributed by atoms with E-state index in [0.717, 1.165) is 70.8 Å². The van der Waals surface area contributed by atoms with Crippen LogP contribution in [-0.4, -0.2) is 53.0 Å². The third kappa shape index (κ3) is 24.1. The topological polar surface area (TPSA) is 149 Å². The number of rotatable bonds is 27. The molecule has 0 aliphatic carbocycles. The second-order valence-electron chi connectivity index (χ2n) is 11.1. The van der Waals surface area contributed by atoms with Gasteiger partial charge in [0.15, 0.2) is 0 Å². The van der Waals surface area contributed by atoms with Crippen molar-refractivity contribution in [2.45, 2.75) is 129 Å². The number of carbonyl (C=O) groups excluding carboxylic acids is 1. The molecule has 7 N–H and O–H groups in total. The van der Waals surface area contributed by atoms with E-state index in [1.54, 1.807) is 0 Å². The average Bonchev–Trinajstić information content (AvgIpc) is 2.93. The van der Waals surface area contributed by atoms with Crippen LogP contribution in [0.15, 0.2) is 60.8 Å². The van der Waals surface area contributed by atoms with Gasteiger partial charge in [-0.1, -0.05) is 88.0 Å². The lowest BCUT2D eigenvalue weighted by atomic mass is 10.0. The molecule has 0 spiro atoms. The van der Waals surface area contributed by atoms with Gasteiger partial charge in [-0.25, -0.2) is 0 Å². The van der Waals surface area contributed by atoms with E-state index in [0.29, 0.717) is 19.3 Å². The molecule has 0 aliphatic heterocycles. The number of hydrogen-bond acceptors (Lipinski definition) is 6. The molecule has 8 nitrogen and oxygen atoms in total. The fourth-order valence-corrected chi connectivity index (χ4v) is 4.36. The van der Waals surface area contributed by atoms with Gasteiger partial charge in [-0.3, -0.25) is 15.4 Å². The molecule has 0 radical (unpaired) electrons. The highest BCUT2D eigenvalue weighted by atomic mass is 16.4. The largest absolute Gasteiger partial charge is 0.548 e. The Balaban J connectivity index is 4.63. The molecule has 4 atom stereocenters. The molecule has 4 unspecified atom stereocenters. The van der Waals surface area contributed by atoms with Crippen molar-refractivity contribution in [3.63, 3.8) is 0 Å². The highest BCUT2D eigenvalue weighted by Crippen LogP contribution is 2.10. The van der Waals surface area contributed by atoms with Crippen LogP contribution in [0.5, 0.6) is 0 Å². The van der Waals surface area contributed by atoms with Gasteiger partial charge >= 0.3 is 5.97 Å². The summed E-state index contributed by atoms with van der Waals surface area (Å²) >= 11 is 0. The second kappa shape index (κ2) is 27.3. The number of unbranched alkanes of at least 4 members (excludes halogenated alkanes) is 4. The maximum Gasteiger partial charge on any atom is 0.320 e.